The Bertz CT molecular complexity index is 479. The van der Waals surface area contributed by atoms with Crippen LogP contribution in [0.3, 0.4) is 0 Å². The fourth-order valence-corrected chi connectivity index (χ4v) is 3.77. The van der Waals surface area contributed by atoms with Crippen molar-refractivity contribution in [1.82, 2.24) is 10.2 Å². The number of benzene rings is 1. The monoisotopic (exact) mass is 334 g/mol. The van der Waals surface area contributed by atoms with E-state index < -0.39 is 0 Å². The van der Waals surface area contributed by atoms with Crippen molar-refractivity contribution in [2.24, 2.45) is 0 Å². The van der Waals surface area contributed by atoms with Crippen LogP contribution in [0.4, 0.5) is 0 Å². The van der Waals surface area contributed by atoms with Crippen LogP contribution in [-0.2, 0) is 9.47 Å². The van der Waals surface area contributed by atoms with Crippen LogP contribution in [0, 0.1) is 0 Å². The largest absolute Gasteiger partial charge is 0.395 e. The van der Waals surface area contributed by atoms with Gasteiger partial charge in [0.2, 0.25) is 0 Å². The van der Waals surface area contributed by atoms with Gasteiger partial charge in [-0.3, -0.25) is 4.90 Å². The quantitative estimate of drug-likeness (QED) is 0.798. The zero-order valence-electron chi connectivity index (χ0n) is 14.6. The fourth-order valence-electron chi connectivity index (χ4n) is 3.77. The molecule has 0 aliphatic carbocycles. The van der Waals surface area contributed by atoms with E-state index in [-0.39, 0.29) is 31.1 Å². The number of nitrogens with zero attached hydrogens (tertiary/aromatic N) is 1. The molecule has 134 valence electrons. The standard InChI is InChI=1S/C19H30N2O3/c1-20-18(15-7-3-2-4-8-15)13-21-12-17(11-16(21)14-22)24-19-9-5-6-10-23-19/h2-4,7-8,16-20,22H,5-6,9-14H2,1H3/t16-,17+,18?,19?/m0/s1. The van der Waals surface area contributed by atoms with E-state index >= 15 is 0 Å². The summed E-state index contributed by atoms with van der Waals surface area (Å²) in [6.45, 7) is 2.71. The molecule has 0 bridgehead atoms. The van der Waals surface area contributed by atoms with Gasteiger partial charge in [0.15, 0.2) is 6.29 Å². The number of ether oxygens (including phenoxy) is 2. The highest BCUT2D eigenvalue weighted by Gasteiger charge is 2.35. The minimum absolute atomic E-state index is 0.0581. The molecule has 5 nitrogen and oxygen atoms in total. The van der Waals surface area contributed by atoms with Crippen molar-refractivity contribution in [3.63, 3.8) is 0 Å². The van der Waals surface area contributed by atoms with Crippen molar-refractivity contribution in [3.8, 4) is 0 Å². The SMILES string of the molecule is CNC(CN1C[C@H](OC2CCCCO2)C[C@H]1CO)c1ccccc1. The fraction of sp³-hybridized carbons (Fsp3) is 0.684. The van der Waals surface area contributed by atoms with Gasteiger partial charge in [-0.1, -0.05) is 30.3 Å². The van der Waals surface area contributed by atoms with Crippen molar-refractivity contribution >= 4 is 0 Å². The number of likely N-dealkylation sites (tertiary alicyclic amines) is 1. The van der Waals surface area contributed by atoms with Crippen LogP contribution in [0.5, 0.6) is 0 Å². The van der Waals surface area contributed by atoms with Crippen molar-refractivity contribution in [1.29, 1.82) is 0 Å². The number of likely N-dealkylation sites (N-methyl/N-ethyl adjacent to an activating group) is 1. The van der Waals surface area contributed by atoms with Crippen LogP contribution in [-0.4, -0.2) is 61.8 Å². The number of nitrogens with one attached hydrogen (secondary N) is 1. The lowest BCUT2D eigenvalue weighted by atomic mass is 10.1. The van der Waals surface area contributed by atoms with Crippen LogP contribution in [0.25, 0.3) is 0 Å². The lowest BCUT2D eigenvalue weighted by Crippen LogP contribution is -2.39. The lowest BCUT2D eigenvalue weighted by Gasteiger charge is -2.28. The van der Waals surface area contributed by atoms with Gasteiger partial charge in [0.05, 0.1) is 12.7 Å². The van der Waals surface area contributed by atoms with Crippen molar-refractivity contribution in [3.05, 3.63) is 35.9 Å². The molecule has 24 heavy (non-hydrogen) atoms. The van der Waals surface area contributed by atoms with Gasteiger partial charge in [0.25, 0.3) is 0 Å². The van der Waals surface area contributed by atoms with Gasteiger partial charge in [-0.15, -0.1) is 0 Å². The molecule has 0 radical (unpaired) electrons. The van der Waals surface area contributed by atoms with Gasteiger partial charge in [-0.05, 0) is 38.3 Å². The third-order valence-corrected chi connectivity index (χ3v) is 5.15. The topological polar surface area (TPSA) is 54.0 Å². The molecular formula is C19H30N2O3. The van der Waals surface area contributed by atoms with E-state index in [4.69, 9.17) is 9.47 Å². The van der Waals surface area contributed by atoms with Crippen LogP contribution in [0.1, 0.15) is 37.3 Å². The maximum Gasteiger partial charge on any atom is 0.158 e. The lowest BCUT2D eigenvalue weighted by molar-refractivity contribution is -0.185. The van der Waals surface area contributed by atoms with Gasteiger partial charge in [-0.2, -0.15) is 0 Å². The van der Waals surface area contributed by atoms with E-state index in [0.29, 0.717) is 0 Å². The van der Waals surface area contributed by atoms with Gasteiger partial charge >= 0.3 is 0 Å². The van der Waals surface area contributed by atoms with Crippen LogP contribution >= 0.6 is 0 Å². The van der Waals surface area contributed by atoms with Crippen molar-refractivity contribution in [2.45, 2.75) is 50.2 Å². The molecule has 2 aliphatic heterocycles. The molecule has 1 aromatic rings. The summed E-state index contributed by atoms with van der Waals surface area (Å²) in [6, 6.07) is 10.9. The molecule has 2 heterocycles. The second-order valence-corrected chi connectivity index (χ2v) is 6.83. The molecule has 2 saturated heterocycles. The normalized spacial score (nSPS) is 29.7. The molecule has 0 aromatic heterocycles. The second-order valence-electron chi connectivity index (χ2n) is 6.83. The van der Waals surface area contributed by atoms with Crippen LogP contribution in [0.15, 0.2) is 30.3 Å². The summed E-state index contributed by atoms with van der Waals surface area (Å²) in [6.07, 6.45) is 4.28. The first kappa shape index (κ1) is 17.8. The molecule has 2 fully saturated rings. The molecule has 3 rings (SSSR count). The van der Waals surface area contributed by atoms with E-state index in [1.165, 1.54) is 12.0 Å². The average molecular weight is 334 g/mol. The summed E-state index contributed by atoms with van der Waals surface area (Å²) in [5.74, 6) is 0. The van der Waals surface area contributed by atoms with Crippen LogP contribution in [0.2, 0.25) is 0 Å². The van der Waals surface area contributed by atoms with Gasteiger partial charge in [-0.25, -0.2) is 0 Å². The van der Waals surface area contributed by atoms with Gasteiger partial charge < -0.3 is 19.9 Å². The Morgan fingerprint density at radius 3 is 2.83 bits per heavy atom. The van der Waals surface area contributed by atoms with E-state index in [0.717, 1.165) is 39.0 Å². The molecule has 1 aromatic carbocycles. The first-order chi connectivity index (χ1) is 11.8. The molecule has 0 saturated carbocycles. The number of aliphatic hydroxyl groups is 1. The Balaban J connectivity index is 1.57. The van der Waals surface area contributed by atoms with E-state index in [2.05, 4.69) is 34.5 Å². The Kier molecular flexibility index (Phi) is 6.63. The zero-order chi connectivity index (χ0) is 16.8. The predicted molar refractivity (Wildman–Crippen MR) is 93.8 cm³/mol. The number of rotatable bonds is 7. The van der Waals surface area contributed by atoms with Crippen molar-refractivity contribution < 1.29 is 14.6 Å². The van der Waals surface area contributed by atoms with Crippen molar-refractivity contribution in [2.75, 3.05) is 33.4 Å². The number of hydrogen-bond acceptors (Lipinski definition) is 5. The Labute approximate surface area is 144 Å². The highest BCUT2D eigenvalue weighted by molar-refractivity contribution is 5.19. The predicted octanol–water partition coefficient (Wildman–Crippen LogP) is 1.93. The Morgan fingerprint density at radius 1 is 1.33 bits per heavy atom. The van der Waals surface area contributed by atoms with E-state index in [9.17, 15) is 5.11 Å². The minimum atomic E-state index is -0.0581. The molecule has 2 unspecified atom stereocenters. The molecule has 2 N–H and O–H groups in total. The average Bonchev–Trinajstić information content (AvgIpc) is 3.02. The maximum atomic E-state index is 9.77. The summed E-state index contributed by atoms with van der Waals surface area (Å²) in [7, 11) is 1.99. The highest BCUT2D eigenvalue weighted by Crippen LogP contribution is 2.26. The summed E-state index contributed by atoms with van der Waals surface area (Å²) < 4.78 is 11.8. The zero-order valence-corrected chi connectivity index (χ0v) is 14.6. The smallest absolute Gasteiger partial charge is 0.158 e. The minimum Gasteiger partial charge on any atom is -0.395 e. The molecule has 0 amide bonds. The number of aliphatic hydroxyl groups excluding tert-OH is 1. The highest BCUT2D eigenvalue weighted by atomic mass is 16.7. The Hall–Kier alpha value is -0.980. The third kappa shape index (κ3) is 4.55. The second kappa shape index (κ2) is 8.92. The maximum absolute atomic E-state index is 9.77. The summed E-state index contributed by atoms with van der Waals surface area (Å²) in [5.41, 5.74) is 1.27. The van der Waals surface area contributed by atoms with Gasteiger partial charge in [0.1, 0.15) is 0 Å². The molecule has 0 spiro atoms. The summed E-state index contributed by atoms with van der Waals surface area (Å²) in [5, 5.41) is 13.2. The molecule has 5 heteroatoms. The third-order valence-electron chi connectivity index (χ3n) is 5.15. The van der Waals surface area contributed by atoms with E-state index in [1.54, 1.807) is 0 Å². The Morgan fingerprint density at radius 2 is 2.17 bits per heavy atom. The summed E-state index contributed by atoms with van der Waals surface area (Å²) in [4.78, 5) is 2.35. The molecule has 2 aliphatic rings. The van der Waals surface area contributed by atoms with Gasteiger partial charge in [0, 0.05) is 31.8 Å². The molecule has 4 atom stereocenters. The van der Waals surface area contributed by atoms with E-state index in [1.807, 2.05) is 13.1 Å². The molecular weight excluding hydrogens is 304 g/mol. The first-order valence-electron chi connectivity index (χ1n) is 9.14. The first-order valence-corrected chi connectivity index (χ1v) is 9.14. The number of hydrogen-bond donors (Lipinski definition) is 2. The summed E-state index contributed by atoms with van der Waals surface area (Å²) >= 11 is 0. The van der Waals surface area contributed by atoms with Crippen LogP contribution < -0.4 is 5.32 Å².